The molecule has 3 aromatic rings. The van der Waals surface area contributed by atoms with Crippen molar-refractivity contribution < 1.29 is 24.5 Å². The first-order valence-electron chi connectivity index (χ1n) is 7.94. The number of aromatic hydroxyl groups is 1. The van der Waals surface area contributed by atoms with Crippen LogP contribution in [0.4, 0.5) is 0 Å². The fourth-order valence-corrected chi connectivity index (χ4v) is 3.41. The van der Waals surface area contributed by atoms with Crippen molar-refractivity contribution in [1.29, 1.82) is 0 Å². The van der Waals surface area contributed by atoms with Crippen LogP contribution in [-0.2, 0) is 0 Å². The number of thiophene rings is 1. The van der Waals surface area contributed by atoms with Crippen LogP contribution in [0.2, 0.25) is 0 Å². The van der Waals surface area contributed by atoms with E-state index in [0.29, 0.717) is 11.3 Å². The van der Waals surface area contributed by atoms with E-state index in [-0.39, 0.29) is 22.4 Å². The first kappa shape index (κ1) is 18.4. The summed E-state index contributed by atoms with van der Waals surface area (Å²) in [5.41, 5.74) is 1.53. The van der Waals surface area contributed by atoms with E-state index in [2.05, 4.69) is 6.58 Å². The largest absolute Gasteiger partial charge is 0.507 e. The molecule has 0 saturated heterocycles. The molecule has 2 N–H and O–H groups in total. The number of phenols is 1. The van der Waals surface area contributed by atoms with E-state index < -0.39 is 11.8 Å². The zero-order valence-electron chi connectivity index (χ0n) is 14.4. The summed E-state index contributed by atoms with van der Waals surface area (Å²) in [4.78, 5) is 24.6. The maximum Gasteiger partial charge on any atom is 0.335 e. The highest BCUT2D eigenvalue weighted by Gasteiger charge is 2.19. The van der Waals surface area contributed by atoms with Gasteiger partial charge in [-0.25, -0.2) is 4.79 Å². The maximum atomic E-state index is 12.7. The van der Waals surface area contributed by atoms with Gasteiger partial charge in [-0.15, -0.1) is 11.3 Å². The number of hydrogen-bond acceptors (Lipinski definition) is 5. The third-order valence-electron chi connectivity index (χ3n) is 4.10. The minimum Gasteiger partial charge on any atom is -0.507 e. The highest BCUT2D eigenvalue weighted by atomic mass is 32.1. The summed E-state index contributed by atoms with van der Waals surface area (Å²) >= 11 is 1.51. The van der Waals surface area contributed by atoms with E-state index in [1.54, 1.807) is 6.07 Å². The number of methoxy groups -OCH3 is 1. The zero-order chi connectivity index (χ0) is 19.6. The van der Waals surface area contributed by atoms with Crippen LogP contribution in [0.5, 0.6) is 11.5 Å². The summed E-state index contributed by atoms with van der Waals surface area (Å²) in [6, 6.07) is 12.5. The van der Waals surface area contributed by atoms with Gasteiger partial charge in [0, 0.05) is 33.2 Å². The number of aromatic carboxylic acids is 1. The van der Waals surface area contributed by atoms with E-state index in [1.807, 2.05) is 17.5 Å². The molecule has 2 aromatic carbocycles. The molecule has 1 heterocycles. The molecule has 136 valence electrons. The van der Waals surface area contributed by atoms with E-state index in [4.69, 9.17) is 9.84 Å². The number of Topliss-reactive ketones (excluding diaryl/α,β-unsaturated/α-hetero) is 1. The molecule has 0 fully saturated rings. The monoisotopic (exact) mass is 380 g/mol. The summed E-state index contributed by atoms with van der Waals surface area (Å²) in [7, 11) is 1.51. The molecule has 0 saturated carbocycles. The molecule has 0 spiro atoms. The van der Waals surface area contributed by atoms with Crippen LogP contribution < -0.4 is 4.74 Å². The average molecular weight is 380 g/mol. The number of carbonyl (C=O) groups excluding carboxylic acids is 1. The van der Waals surface area contributed by atoms with Gasteiger partial charge in [0.25, 0.3) is 0 Å². The van der Waals surface area contributed by atoms with Crippen LogP contribution in [0.15, 0.2) is 60.5 Å². The maximum absolute atomic E-state index is 12.7. The second-order valence-corrected chi connectivity index (χ2v) is 6.68. The van der Waals surface area contributed by atoms with Crippen molar-refractivity contribution in [1.82, 2.24) is 0 Å². The van der Waals surface area contributed by atoms with Crippen molar-refractivity contribution in [2.75, 3.05) is 7.11 Å². The van der Waals surface area contributed by atoms with Gasteiger partial charge in [-0.1, -0.05) is 24.8 Å². The third-order valence-corrected chi connectivity index (χ3v) is 5.00. The predicted molar refractivity (Wildman–Crippen MR) is 105 cm³/mol. The minimum absolute atomic E-state index is 0.0874. The Morgan fingerprint density at radius 2 is 1.74 bits per heavy atom. The number of benzene rings is 2. The van der Waals surface area contributed by atoms with E-state index in [1.165, 1.54) is 48.8 Å². The number of carboxylic acid groups (broad SMARTS) is 1. The zero-order valence-corrected chi connectivity index (χ0v) is 15.2. The summed E-state index contributed by atoms with van der Waals surface area (Å²) in [5.74, 6) is -1.09. The van der Waals surface area contributed by atoms with E-state index in [0.717, 1.165) is 10.4 Å². The minimum atomic E-state index is -1.07. The van der Waals surface area contributed by atoms with Gasteiger partial charge in [0.15, 0.2) is 5.78 Å². The lowest BCUT2D eigenvalue weighted by Crippen LogP contribution is -2.04. The summed E-state index contributed by atoms with van der Waals surface area (Å²) in [5, 5.41) is 21.2. The Labute approximate surface area is 159 Å². The Bertz CT molecular complexity index is 1020. The Hall–Kier alpha value is -3.38. The van der Waals surface area contributed by atoms with Gasteiger partial charge in [-0.2, -0.15) is 0 Å². The quantitative estimate of drug-likeness (QED) is 0.477. The SMILES string of the molecule is C=C(C(=O)c1ccc(C(=O)O)cc1)c1cc(-c2cccs2)c(OC)cc1O. The highest BCUT2D eigenvalue weighted by Crippen LogP contribution is 2.40. The molecule has 0 bridgehead atoms. The molecule has 0 aliphatic heterocycles. The number of rotatable bonds is 6. The Morgan fingerprint density at radius 3 is 2.30 bits per heavy atom. The lowest BCUT2D eigenvalue weighted by atomic mass is 9.95. The highest BCUT2D eigenvalue weighted by molar-refractivity contribution is 7.13. The first-order valence-corrected chi connectivity index (χ1v) is 8.82. The molecular formula is C21H16O5S. The molecule has 0 radical (unpaired) electrons. The lowest BCUT2D eigenvalue weighted by Gasteiger charge is -2.13. The molecule has 0 atom stereocenters. The van der Waals surface area contributed by atoms with Gasteiger partial charge in [0.05, 0.1) is 12.7 Å². The third kappa shape index (κ3) is 3.61. The molecule has 27 heavy (non-hydrogen) atoms. The number of phenolic OH excluding ortho intramolecular Hbond substituents is 1. The van der Waals surface area contributed by atoms with Crippen molar-refractivity contribution in [2.24, 2.45) is 0 Å². The Balaban J connectivity index is 2.00. The van der Waals surface area contributed by atoms with E-state index >= 15 is 0 Å². The molecular weight excluding hydrogens is 364 g/mol. The van der Waals surface area contributed by atoms with Gasteiger partial charge in [0.1, 0.15) is 11.5 Å². The molecule has 0 unspecified atom stereocenters. The van der Waals surface area contributed by atoms with Crippen molar-refractivity contribution in [3.8, 4) is 21.9 Å². The fraction of sp³-hybridized carbons (Fsp3) is 0.0476. The van der Waals surface area contributed by atoms with Crippen molar-refractivity contribution in [2.45, 2.75) is 0 Å². The molecule has 1 aromatic heterocycles. The van der Waals surface area contributed by atoms with Gasteiger partial charge in [-0.3, -0.25) is 4.79 Å². The number of hydrogen-bond donors (Lipinski definition) is 2. The van der Waals surface area contributed by atoms with Crippen LogP contribution in [0.25, 0.3) is 16.0 Å². The number of ketones is 1. The summed E-state index contributed by atoms with van der Waals surface area (Å²) in [6.07, 6.45) is 0. The second-order valence-electron chi connectivity index (χ2n) is 5.74. The number of carboxylic acids is 1. The van der Waals surface area contributed by atoms with Crippen LogP contribution >= 0.6 is 11.3 Å². The smallest absolute Gasteiger partial charge is 0.335 e. The van der Waals surface area contributed by atoms with Gasteiger partial charge in [0.2, 0.25) is 0 Å². The standard InChI is InChI=1S/C21H16O5S/c1-12(20(23)13-5-7-14(8-6-13)21(24)25)15-10-16(19-4-3-9-27-19)18(26-2)11-17(15)22/h3-11,22H,1H2,2H3,(H,24,25). The van der Waals surface area contributed by atoms with Crippen molar-refractivity contribution in [3.05, 3.63) is 77.2 Å². The topological polar surface area (TPSA) is 83.8 Å². The van der Waals surface area contributed by atoms with Gasteiger partial charge >= 0.3 is 5.97 Å². The van der Waals surface area contributed by atoms with Crippen molar-refractivity contribution >= 4 is 28.7 Å². The number of allylic oxidation sites excluding steroid dienone is 1. The van der Waals surface area contributed by atoms with Gasteiger partial charge < -0.3 is 14.9 Å². The van der Waals surface area contributed by atoms with Crippen molar-refractivity contribution in [3.63, 3.8) is 0 Å². The number of carbonyl (C=O) groups is 2. The number of ether oxygens (including phenoxy) is 1. The molecule has 0 aliphatic carbocycles. The van der Waals surface area contributed by atoms with Crippen LogP contribution in [0.1, 0.15) is 26.3 Å². The van der Waals surface area contributed by atoms with Crippen LogP contribution in [-0.4, -0.2) is 29.1 Å². The molecule has 0 aliphatic rings. The second kappa shape index (κ2) is 7.47. The average Bonchev–Trinajstić information content (AvgIpc) is 3.21. The first-order chi connectivity index (χ1) is 12.9. The predicted octanol–water partition coefficient (Wildman–Crippen LogP) is 4.72. The molecule has 0 amide bonds. The summed E-state index contributed by atoms with van der Waals surface area (Å²) in [6.45, 7) is 3.83. The Morgan fingerprint density at radius 1 is 1.07 bits per heavy atom. The Kier molecular flexibility index (Phi) is 5.09. The normalized spacial score (nSPS) is 10.4. The van der Waals surface area contributed by atoms with Gasteiger partial charge in [-0.05, 0) is 29.6 Å². The lowest BCUT2D eigenvalue weighted by molar-refractivity contribution is 0.0696. The fourth-order valence-electron chi connectivity index (χ4n) is 2.66. The molecule has 5 nitrogen and oxygen atoms in total. The van der Waals surface area contributed by atoms with Crippen LogP contribution in [0.3, 0.4) is 0 Å². The summed E-state index contributed by atoms with van der Waals surface area (Å²) < 4.78 is 5.34. The van der Waals surface area contributed by atoms with E-state index in [9.17, 15) is 14.7 Å². The van der Waals surface area contributed by atoms with Crippen LogP contribution in [0, 0.1) is 0 Å². The molecule has 6 heteroatoms. The molecule has 3 rings (SSSR count).